The molecule has 0 radical (unpaired) electrons. The summed E-state index contributed by atoms with van der Waals surface area (Å²) in [5.41, 5.74) is 7.13. The fourth-order valence-electron chi connectivity index (χ4n) is 1.74. The quantitative estimate of drug-likeness (QED) is 0.850. The zero-order valence-corrected chi connectivity index (χ0v) is 13.0. The first kappa shape index (κ1) is 15.9. The number of amides is 1. The van der Waals surface area contributed by atoms with Crippen molar-refractivity contribution in [3.63, 3.8) is 0 Å². The predicted molar refractivity (Wildman–Crippen MR) is 83.7 cm³/mol. The lowest BCUT2D eigenvalue weighted by Gasteiger charge is -2.24. The molecule has 2 N–H and O–H groups in total. The molecule has 0 aromatic heterocycles. The standard InChI is InChI=1S/C14H19ClN2OS/c1-4-17(8-10(3)13(16)19)14(18)11-5-6-12(15)9(2)7-11/h5-7,10H,4,8H2,1-3H3,(H2,16,19). The molecule has 0 saturated carbocycles. The summed E-state index contributed by atoms with van der Waals surface area (Å²) in [5, 5.41) is 0.663. The zero-order valence-electron chi connectivity index (χ0n) is 11.4. The monoisotopic (exact) mass is 298 g/mol. The molecule has 1 rings (SSSR count). The first-order valence-corrected chi connectivity index (χ1v) is 7.00. The molecular weight excluding hydrogens is 280 g/mol. The minimum Gasteiger partial charge on any atom is -0.393 e. The third-order valence-electron chi connectivity index (χ3n) is 3.05. The van der Waals surface area contributed by atoms with Crippen molar-refractivity contribution in [3.8, 4) is 0 Å². The second-order valence-electron chi connectivity index (χ2n) is 4.61. The maximum absolute atomic E-state index is 12.4. The van der Waals surface area contributed by atoms with E-state index in [9.17, 15) is 4.79 Å². The van der Waals surface area contributed by atoms with Crippen molar-refractivity contribution in [2.75, 3.05) is 13.1 Å². The molecule has 1 amide bonds. The SMILES string of the molecule is CCN(CC(C)C(N)=S)C(=O)c1ccc(Cl)c(C)c1. The molecule has 19 heavy (non-hydrogen) atoms. The van der Waals surface area contributed by atoms with Crippen molar-refractivity contribution in [1.82, 2.24) is 4.90 Å². The van der Waals surface area contributed by atoms with E-state index in [0.717, 1.165) is 5.56 Å². The number of nitrogens with two attached hydrogens (primary N) is 1. The molecular formula is C14H19ClN2OS. The number of halogens is 1. The van der Waals surface area contributed by atoms with Crippen molar-refractivity contribution in [2.45, 2.75) is 20.8 Å². The van der Waals surface area contributed by atoms with Gasteiger partial charge in [0.1, 0.15) is 0 Å². The molecule has 0 bridgehead atoms. The van der Waals surface area contributed by atoms with E-state index in [2.05, 4.69) is 0 Å². The van der Waals surface area contributed by atoms with Gasteiger partial charge in [0, 0.05) is 29.6 Å². The number of nitrogens with zero attached hydrogens (tertiary/aromatic N) is 1. The fraction of sp³-hybridized carbons (Fsp3) is 0.429. The highest BCUT2D eigenvalue weighted by atomic mass is 35.5. The van der Waals surface area contributed by atoms with E-state index in [1.807, 2.05) is 20.8 Å². The first-order chi connectivity index (χ1) is 8.86. The summed E-state index contributed by atoms with van der Waals surface area (Å²) in [6.45, 7) is 6.89. The molecule has 1 atom stereocenters. The smallest absolute Gasteiger partial charge is 0.253 e. The Hall–Kier alpha value is -1.13. The Labute approximate surface area is 124 Å². The summed E-state index contributed by atoms with van der Waals surface area (Å²) in [5.74, 6) is -0.0161. The van der Waals surface area contributed by atoms with E-state index in [1.54, 1.807) is 23.1 Å². The minimum atomic E-state index is -0.0228. The maximum atomic E-state index is 12.4. The van der Waals surface area contributed by atoms with Gasteiger partial charge in [0.05, 0.1) is 4.99 Å². The number of carbonyl (C=O) groups is 1. The van der Waals surface area contributed by atoms with E-state index in [1.165, 1.54) is 0 Å². The predicted octanol–water partition coefficient (Wildman–Crippen LogP) is 3.03. The lowest BCUT2D eigenvalue weighted by atomic mass is 10.1. The lowest BCUT2D eigenvalue weighted by Crippen LogP contribution is -2.38. The molecule has 0 saturated heterocycles. The number of hydrogen-bond donors (Lipinski definition) is 1. The molecule has 1 aromatic carbocycles. The van der Waals surface area contributed by atoms with E-state index >= 15 is 0 Å². The average Bonchev–Trinajstić information content (AvgIpc) is 2.37. The van der Waals surface area contributed by atoms with E-state index < -0.39 is 0 Å². The molecule has 0 heterocycles. The summed E-state index contributed by atoms with van der Waals surface area (Å²) in [6, 6.07) is 5.29. The van der Waals surface area contributed by atoms with Gasteiger partial charge in [0.25, 0.3) is 5.91 Å². The van der Waals surface area contributed by atoms with E-state index in [4.69, 9.17) is 29.6 Å². The Morgan fingerprint density at radius 2 is 2.16 bits per heavy atom. The van der Waals surface area contributed by atoms with Crippen molar-refractivity contribution in [1.29, 1.82) is 0 Å². The van der Waals surface area contributed by atoms with Gasteiger partial charge in [0.15, 0.2) is 0 Å². The summed E-state index contributed by atoms with van der Waals surface area (Å²) in [4.78, 5) is 14.6. The van der Waals surface area contributed by atoms with Gasteiger partial charge in [-0.15, -0.1) is 0 Å². The number of rotatable bonds is 5. The van der Waals surface area contributed by atoms with Crippen molar-refractivity contribution < 1.29 is 4.79 Å². The molecule has 0 aliphatic rings. The van der Waals surface area contributed by atoms with Crippen LogP contribution in [0.3, 0.4) is 0 Å². The molecule has 1 aromatic rings. The second-order valence-corrected chi connectivity index (χ2v) is 5.49. The minimum absolute atomic E-state index is 0.00676. The van der Waals surface area contributed by atoms with Gasteiger partial charge in [-0.1, -0.05) is 30.7 Å². The number of carbonyl (C=O) groups excluding carboxylic acids is 1. The topological polar surface area (TPSA) is 46.3 Å². The number of benzene rings is 1. The van der Waals surface area contributed by atoms with Crippen LogP contribution in [0.15, 0.2) is 18.2 Å². The van der Waals surface area contributed by atoms with Gasteiger partial charge in [0.2, 0.25) is 0 Å². The van der Waals surface area contributed by atoms with Crippen molar-refractivity contribution >= 4 is 34.7 Å². The molecule has 3 nitrogen and oxygen atoms in total. The van der Waals surface area contributed by atoms with Gasteiger partial charge in [-0.3, -0.25) is 4.79 Å². The van der Waals surface area contributed by atoms with Crippen LogP contribution in [0.5, 0.6) is 0 Å². The molecule has 104 valence electrons. The van der Waals surface area contributed by atoms with Gasteiger partial charge in [-0.2, -0.15) is 0 Å². The Balaban J connectivity index is 2.89. The molecule has 0 spiro atoms. The highest BCUT2D eigenvalue weighted by Gasteiger charge is 2.18. The molecule has 5 heteroatoms. The Morgan fingerprint density at radius 3 is 2.63 bits per heavy atom. The fourth-order valence-corrected chi connectivity index (χ4v) is 1.93. The first-order valence-electron chi connectivity index (χ1n) is 6.21. The largest absolute Gasteiger partial charge is 0.393 e. The maximum Gasteiger partial charge on any atom is 0.253 e. The Bertz CT molecular complexity index is 490. The Kier molecular flexibility index (Phi) is 5.76. The van der Waals surface area contributed by atoms with Crippen LogP contribution in [0.25, 0.3) is 0 Å². The average molecular weight is 299 g/mol. The lowest BCUT2D eigenvalue weighted by molar-refractivity contribution is 0.0755. The third-order valence-corrected chi connectivity index (χ3v) is 3.88. The van der Waals surface area contributed by atoms with Gasteiger partial charge >= 0.3 is 0 Å². The van der Waals surface area contributed by atoms with Gasteiger partial charge < -0.3 is 10.6 Å². The van der Waals surface area contributed by atoms with Crippen LogP contribution in [-0.2, 0) is 0 Å². The van der Waals surface area contributed by atoms with Gasteiger partial charge in [-0.05, 0) is 37.6 Å². The van der Waals surface area contributed by atoms with Crippen LogP contribution in [0.2, 0.25) is 5.02 Å². The van der Waals surface area contributed by atoms with E-state index in [0.29, 0.717) is 28.7 Å². The normalized spacial score (nSPS) is 12.0. The van der Waals surface area contributed by atoms with Crippen LogP contribution in [0.4, 0.5) is 0 Å². The van der Waals surface area contributed by atoms with Gasteiger partial charge in [-0.25, -0.2) is 0 Å². The molecule has 0 aliphatic carbocycles. The van der Waals surface area contributed by atoms with Crippen molar-refractivity contribution in [2.24, 2.45) is 11.7 Å². The third kappa shape index (κ3) is 4.18. The Morgan fingerprint density at radius 1 is 1.53 bits per heavy atom. The summed E-state index contributed by atoms with van der Waals surface area (Å²) >= 11 is 10.9. The summed E-state index contributed by atoms with van der Waals surface area (Å²) in [6.07, 6.45) is 0. The summed E-state index contributed by atoms with van der Waals surface area (Å²) < 4.78 is 0. The van der Waals surface area contributed by atoms with Crippen LogP contribution in [0, 0.1) is 12.8 Å². The van der Waals surface area contributed by atoms with Crippen molar-refractivity contribution in [3.05, 3.63) is 34.3 Å². The molecule has 1 unspecified atom stereocenters. The van der Waals surface area contributed by atoms with Crippen LogP contribution >= 0.6 is 23.8 Å². The van der Waals surface area contributed by atoms with Crippen LogP contribution in [0.1, 0.15) is 29.8 Å². The highest BCUT2D eigenvalue weighted by molar-refractivity contribution is 7.80. The second kappa shape index (κ2) is 6.87. The number of thiocarbonyl (C=S) groups is 1. The van der Waals surface area contributed by atoms with E-state index in [-0.39, 0.29) is 11.8 Å². The number of aryl methyl sites for hydroxylation is 1. The zero-order chi connectivity index (χ0) is 14.6. The molecule has 0 aliphatic heterocycles. The van der Waals surface area contributed by atoms with Crippen LogP contribution in [-0.4, -0.2) is 28.9 Å². The summed E-state index contributed by atoms with van der Waals surface area (Å²) in [7, 11) is 0. The highest BCUT2D eigenvalue weighted by Crippen LogP contribution is 2.18. The number of hydrogen-bond acceptors (Lipinski definition) is 2. The van der Waals surface area contributed by atoms with Crippen LogP contribution < -0.4 is 5.73 Å². The molecule has 0 fully saturated rings.